The number of aromatic nitrogens is 1. The number of hydrogen-bond donors (Lipinski definition) is 0. The van der Waals surface area contributed by atoms with Crippen LogP contribution in [0.25, 0.3) is 0 Å². The molecule has 0 spiro atoms. The molecule has 0 fully saturated rings. The van der Waals surface area contributed by atoms with Crippen LogP contribution < -0.4 is 0 Å². The fraction of sp³-hybridized carbons (Fsp3) is 0.353. The van der Waals surface area contributed by atoms with Crippen LogP contribution in [0, 0.1) is 6.92 Å². The number of ketones is 1. The normalized spacial score (nSPS) is 16.1. The van der Waals surface area contributed by atoms with Crippen molar-refractivity contribution < 1.29 is 4.79 Å². The summed E-state index contributed by atoms with van der Waals surface area (Å²) in [5, 5.41) is 0. The monoisotopic (exact) mass is 302 g/mol. The minimum atomic E-state index is 0.103. The molecular weight excluding hydrogens is 280 g/mol. The summed E-state index contributed by atoms with van der Waals surface area (Å²) >= 11 is 1.72. The minimum absolute atomic E-state index is 0.103. The molecule has 0 amide bonds. The van der Waals surface area contributed by atoms with Gasteiger partial charge in [-0.05, 0) is 42.5 Å². The second-order valence-corrected chi connectivity index (χ2v) is 6.40. The summed E-state index contributed by atoms with van der Waals surface area (Å²) < 4.78 is 4.28. The van der Waals surface area contributed by atoms with Crippen LogP contribution in [0.3, 0.4) is 0 Å². The highest BCUT2D eigenvalue weighted by Crippen LogP contribution is 2.32. The Bertz CT molecular complexity index is 625. The number of Topliss-reactive ketones (excluding diaryl/α,β-unsaturated/α-hetero) is 1. The molecule has 21 heavy (non-hydrogen) atoms. The zero-order valence-corrected chi connectivity index (χ0v) is 13.8. The number of carbonyl (C=O) groups is 1. The zero-order chi connectivity index (χ0) is 15.6. The lowest BCUT2D eigenvalue weighted by atomic mass is 10.0. The van der Waals surface area contributed by atoms with E-state index in [9.17, 15) is 4.79 Å². The number of rotatable bonds is 5. The fourth-order valence-corrected chi connectivity index (χ4v) is 3.62. The SMILES string of the molecule is C=CC1=C(C=C)CN(Sc2cc(C(C)=O)n(C)c2C)CC1. The van der Waals surface area contributed by atoms with E-state index in [0.717, 1.165) is 35.8 Å². The molecule has 0 atom stereocenters. The maximum atomic E-state index is 11.6. The Hall–Kier alpha value is -1.52. The van der Waals surface area contributed by atoms with E-state index >= 15 is 0 Å². The van der Waals surface area contributed by atoms with Gasteiger partial charge >= 0.3 is 0 Å². The molecule has 3 nitrogen and oxygen atoms in total. The fourth-order valence-electron chi connectivity index (χ4n) is 2.52. The van der Waals surface area contributed by atoms with Crippen LogP contribution >= 0.6 is 11.9 Å². The van der Waals surface area contributed by atoms with Crippen molar-refractivity contribution in [2.75, 3.05) is 13.1 Å². The summed E-state index contributed by atoms with van der Waals surface area (Å²) in [5.74, 6) is 0.103. The van der Waals surface area contributed by atoms with Gasteiger partial charge in [-0.3, -0.25) is 4.79 Å². The molecule has 1 aromatic rings. The summed E-state index contributed by atoms with van der Waals surface area (Å²) in [6, 6.07) is 1.99. The van der Waals surface area contributed by atoms with Crippen LogP contribution in [-0.2, 0) is 7.05 Å². The van der Waals surface area contributed by atoms with Crippen molar-refractivity contribution in [1.82, 2.24) is 8.87 Å². The molecule has 2 rings (SSSR count). The Morgan fingerprint density at radius 3 is 2.52 bits per heavy atom. The molecule has 0 aliphatic carbocycles. The Labute approximate surface area is 131 Å². The third-order valence-electron chi connectivity index (χ3n) is 3.96. The number of nitrogens with zero attached hydrogens (tertiary/aromatic N) is 2. The van der Waals surface area contributed by atoms with Gasteiger partial charge in [0.1, 0.15) is 0 Å². The average Bonchev–Trinajstić information content (AvgIpc) is 2.75. The van der Waals surface area contributed by atoms with Crippen molar-refractivity contribution in [3.8, 4) is 0 Å². The van der Waals surface area contributed by atoms with E-state index in [1.54, 1.807) is 18.9 Å². The number of carbonyl (C=O) groups excluding carboxylic acids is 1. The van der Waals surface area contributed by atoms with Gasteiger partial charge in [-0.25, -0.2) is 4.31 Å². The topological polar surface area (TPSA) is 25.2 Å². The lowest BCUT2D eigenvalue weighted by molar-refractivity contribution is 0.101. The van der Waals surface area contributed by atoms with E-state index in [4.69, 9.17) is 0 Å². The second-order valence-electron chi connectivity index (χ2n) is 5.26. The van der Waals surface area contributed by atoms with E-state index in [-0.39, 0.29) is 5.78 Å². The van der Waals surface area contributed by atoms with Crippen LogP contribution in [0.2, 0.25) is 0 Å². The largest absolute Gasteiger partial charge is 0.344 e. The van der Waals surface area contributed by atoms with E-state index in [2.05, 4.69) is 24.4 Å². The van der Waals surface area contributed by atoms with Crippen LogP contribution in [0.1, 0.15) is 29.5 Å². The minimum Gasteiger partial charge on any atom is -0.344 e. The maximum Gasteiger partial charge on any atom is 0.176 e. The van der Waals surface area contributed by atoms with E-state index in [1.807, 2.05) is 29.8 Å². The molecule has 0 aromatic carbocycles. The van der Waals surface area contributed by atoms with Crippen molar-refractivity contribution in [2.24, 2.45) is 7.05 Å². The van der Waals surface area contributed by atoms with E-state index < -0.39 is 0 Å². The Morgan fingerprint density at radius 2 is 2.00 bits per heavy atom. The Morgan fingerprint density at radius 1 is 1.33 bits per heavy atom. The summed E-state index contributed by atoms with van der Waals surface area (Å²) in [7, 11) is 1.94. The van der Waals surface area contributed by atoms with Gasteiger partial charge in [-0.1, -0.05) is 25.3 Å². The molecule has 0 bridgehead atoms. The number of hydrogen-bond acceptors (Lipinski definition) is 3. The summed E-state index contributed by atoms with van der Waals surface area (Å²) in [4.78, 5) is 12.8. The summed E-state index contributed by atoms with van der Waals surface area (Å²) in [6.07, 6.45) is 4.84. The van der Waals surface area contributed by atoms with Crippen molar-refractivity contribution in [1.29, 1.82) is 0 Å². The molecule has 0 saturated heterocycles. The second kappa shape index (κ2) is 6.50. The van der Waals surface area contributed by atoms with E-state index in [1.165, 1.54) is 11.1 Å². The Balaban J connectivity index is 2.19. The smallest absolute Gasteiger partial charge is 0.176 e. The van der Waals surface area contributed by atoms with Gasteiger partial charge < -0.3 is 4.57 Å². The molecule has 0 radical (unpaired) electrons. The molecule has 1 aromatic heterocycles. The summed E-state index contributed by atoms with van der Waals surface area (Å²) in [5.41, 5.74) is 4.42. The molecule has 4 heteroatoms. The van der Waals surface area contributed by atoms with Gasteiger partial charge in [0.05, 0.1) is 5.69 Å². The maximum absolute atomic E-state index is 11.6. The average molecular weight is 302 g/mol. The highest BCUT2D eigenvalue weighted by molar-refractivity contribution is 7.97. The molecule has 2 heterocycles. The molecule has 0 saturated carbocycles. The molecular formula is C17H22N2OS. The predicted molar refractivity (Wildman–Crippen MR) is 89.6 cm³/mol. The lowest BCUT2D eigenvalue weighted by Crippen LogP contribution is -2.25. The third kappa shape index (κ3) is 3.22. The van der Waals surface area contributed by atoms with Crippen LogP contribution in [0.4, 0.5) is 0 Å². The molecule has 0 N–H and O–H groups in total. The van der Waals surface area contributed by atoms with Crippen LogP contribution in [0.5, 0.6) is 0 Å². The zero-order valence-electron chi connectivity index (χ0n) is 13.0. The first kappa shape index (κ1) is 15.9. The standard InChI is InChI=1S/C17H22N2OS/c1-6-14-8-9-19(11-15(14)7-2)21-17-10-16(13(4)20)18(5)12(17)3/h6-7,10H,1-2,8-9,11H2,3-5H3. The first-order chi connectivity index (χ1) is 9.97. The van der Waals surface area contributed by atoms with Crippen molar-refractivity contribution in [3.05, 3.63) is 53.9 Å². The van der Waals surface area contributed by atoms with Gasteiger partial charge in [0, 0.05) is 37.7 Å². The first-order valence-corrected chi connectivity index (χ1v) is 7.82. The number of allylic oxidation sites excluding steroid dienone is 1. The molecule has 112 valence electrons. The van der Waals surface area contributed by atoms with Crippen LogP contribution in [0.15, 0.2) is 47.4 Å². The molecule has 1 aliphatic heterocycles. The first-order valence-electron chi connectivity index (χ1n) is 7.05. The van der Waals surface area contributed by atoms with Crippen molar-refractivity contribution in [3.63, 3.8) is 0 Å². The van der Waals surface area contributed by atoms with Crippen molar-refractivity contribution in [2.45, 2.75) is 25.2 Å². The Kier molecular flexibility index (Phi) is 4.91. The quantitative estimate of drug-likeness (QED) is 0.609. The van der Waals surface area contributed by atoms with Gasteiger partial charge in [0.2, 0.25) is 0 Å². The highest BCUT2D eigenvalue weighted by Gasteiger charge is 2.20. The highest BCUT2D eigenvalue weighted by atomic mass is 32.2. The van der Waals surface area contributed by atoms with Crippen LogP contribution in [-0.4, -0.2) is 27.7 Å². The van der Waals surface area contributed by atoms with Gasteiger partial charge in [0.25, 0.3) is 0 Å². The van der Waals surface area contributed by atoms with Gasteiger partial charge in [0.15, 0.2) is 5.78 Å². The lowest BCUT2D eigenvalue weighted by Gasteiger charge is -2.27. The third-order valence-corrected chi connectivity index (χ3v) is 5.14. The van der Waals surface area contributed by atoms with Gasteiger partial charge in [-0.2, -0.15) is 0 Å². The molecule has 0 unspecified atom stereocenters. The predicted octanol–water partition coefficient (Wildman–Crippen LogP) is 3.92. The van der Waals surface area contributed by atoms with Crippen molar-refractivity contribution >= 4 is 17.7 Å². The summed E-state index contributed by atoms with van der Waals surface area (Å²) in [6.45, 7) is 13.3. The molecule has 1 aliphatic rings. The van der Waals surface area contributed by atoms with E-state index in [0.29, 0.717) is 0 Å². The van der Waals surface area contributed by atoms with Gasteiger partial charge in [-0.15, -0.1) is 0 Å².